The molecule has 0 radical (unpaired) electrons. The summed E-state index contributed by atoms with van der Waals surface area (Å²) in [6.07, 6.45) is 8.74. The molecule has 0 aromatic carbocycles. The van der Waals surface area contributed by atoms with Gasteiger partial charge in [-0.15, -0.1) is 6.58 Å². The average Bonchev–Trinajstić information content (AvgIpc) is 2.47. The van der Waals surface area contributed by atoms with Gasteiger partial charge in [-0.3, -0.25) is 0 Å². The van der Waals surface area contributed by atoms with Crippen molar-refractivity contribution in [3.05, 3.63) is 12.7 Å². The molecular weight excluding hydrogens is 134 g/mol. The minimum Gasteiger partial charge on any atom is -0.317 e. The highest BCUT2D eigenvalue weighted by Crippen LogP contribution is 2.28. The predicted molar refractivity (Wildman–Crippen MR) is 49.6 cm³/mol. The van der Waals surface area contributed by atoms with Gasteiger partial charge in [0.1, 0.15) is 0 Å². The van der Waals surface area contributed by atoms with Gasteiger partial charge in [0.15, 0.2) is 0 Å². The first kappa shape index (κ1) is 8.79. The molecule has 1 heteroatoms. The van der Waals surface area contributed by atoms with Gasteiger partial charge < -0.3 is 5.32 Å². The Kier molecular flexibility index (Phi) is 3.64. The highest BCUT2D eigenvalue weighted by atomic mass is 14.9. The van der Waals surface area contributed by atoms with Gasteiger partial charge in [0.2, 0.25) is 0 Å². The summed E-state index contributed by atoms with van der Waals surface area (Å²) in [6, 6.07) is 0.787. The van der Waals surface area contributed by atoms with Crippen LogP contribution in [-0.2, 0) is 0 Å². The Morgan fingerprint density at radius 1 is 1.55 bits per heavy atom. The zero-order valence-electron chi connectivity index (χ0n) is 7.47. The topological polar surface area (TPSA) is 12.0 Å². The zero-order chi connectivity index (χ0) is 8.10. The van der Waals surface area contributed by atoms with Crippen LogP contribution in [-0.4, -0.2) is 13.1 Å². The van der Waals surface area contributed by atoms with Crippen LogP contribution in [0.5, 0.6) is 0 Å². The van der Waals surface area contributed by atoms with Crippen LogP contribution in [0, 0.1) is 5.92 Å². The van der Waals surface area contributed by atoms with Crippen molar-refractivity contribution in [3.8, 4) is 0 Å². The summed E-state index contributed by atoms with van der Waals surface area (Å²) in [5.74, 6) is 0.915. The zero-order valence-corrected chi connectivity index (χ0v) is 7.47. The Bertz CT molecular complexity index is 120. The molecule has 0 aliphatic heterocycles. The highest BCUT2D eigenvalue weighted by Gasteiger charge is 2.24. The lowest BCUT2D eigenvalue weighted by Crippen LogP contribution is -2.28. The van der Waals surface area contributed by atoms with Crippen LogP contribution in [0.15, 0.2) is 12.7 Å². The summed E-state index contributed by atoms with van der Waals surface area (Å²) in [5.41, 5.74) is 0. The van der Waals surface area contributed by atoms with Crippen LogP contribution in [0.1, 0.15) is 32.1 Å². The lowest BCUT2D eigenvalue weighted by Gasteiger charge is -2.17. The van der Waals surface area contributed by atoms with Gasteiger partial charge in [-0.05, 0) is 38.6 Å². The number of allylic oxidation sites excluding steroid dienone is 1. The summed E-state index contributed by atoms with van der Waals surface area (Å²) in [4.78, 5) is 0. The fourth-order valence-corrected chi connectivity index (χ4v) is 2.09. The molecule has 1 fully saturated rings. The molecule has 1 aliphatic rings. The number of rotatable bonds is 4. The smallest absolute Gasteiger partial charge is 0.00924 e. The van der Waals surface area contributed by atoms with Crippen molar-refractivity contribution in [2.75, 3.05) is 7.05 Å². The lowest BCUT2D eigenvalue weighted by atomic mass is 9.98. The second-order valence-electron chi connectivity index (χ2n) is 3.45. The van der Waals surface area contributed by atoms with E-state index in [1.54, 1.807) is 0 Å². The Morgan fingerprint density at radius 3 is 3.00 bits per heavy atom. The minimum absolute atomic E-state index is 0.787. The first-order valence-corrected chi connectivity index (χ1v) is 4.66. The van der Waals surface area contributed by atoms with E-state index in [9.17, 15) is 0 Å². The van der Waals surface area contributed by atoms with E-state index in [2.05, 4.69) is 18.9 Å². The summed E-state index contributed by atoms with van der Waals surface area (Å²) in [5, 5.41) is 3.39. The molecule has 1 N–H and O–H groups in total. The molecule has 1 saturated carbocycles. The van der Waals surface area contributed by atoms with Crippen molar-refractivity contribution in [3.63, 3.8) is 0 Å². The quantitative estimate of drug-likeness (QED) is 0.611. The molecule has 1 rings (SSSR count). The predicted octanol–water partition coefficient (Wildman–Crippen LogP) is 2.34. The van der Waals surface area contributed by atoms with Crippen LogP contribution < -0.4 is 5.32 Å². The van der Waals surface area contributed by atoms with E-state index in [-0.39, 0.29) is 0 Å². The summed E-state index contributed by atoms with van der Waals surface area (Å²) in [7, 11) is 2.08. The Balaban J connectivity index is 2.25. The molecule has 0 aromatic rings. The maximum absolute atomic E-state index is 3.75. The molecule has 0 aromatic heterocycles. The van der Waals surface area contributed by atoms with E-state index in [0.29, 0.717) is 0 Å². The summed E-state index contributed by atoms with van der Waals surface area (Å²) in [6.45, 7) is 3.75. The minimum atomic E-state index is 0.787. The number of nitrogens with one attached hydrogen (secondary N) is 1. The van der Waals surface area contributed by atoms with Crippen molar-refractivity contribution in [1.29, 1.82) is 0 Å². The monoisotopic (exact) mass is 153 g/mol. The van der Waals surface area contributed by atoms with E-state index >= 15 is 0 Å². The fraction of sp³-hybridized carbons (Fsp3) is 0.800. The second-order valence-corrected chi connectivity index (χ2v) is 3.45. The molecule has 0 spiro atoms. The Labute approximate surface area is 69.9 Å². The van der Waals surface area contributed by atoms with Gasteiger partial charge in [-0.25, -0.2) is 0 Å². The third-order valence-electron chi connectivity index (χ3n) is 2.77. The van der Waals surface area contributed by atoms with Crippen molar-refractivity contribution < 1.29 is 0 Å². The maximum Gasteiger partial charge on any atom is 0.00924 e. The van der Waals surface area contributed by atoms with Crippen molar-refractivity contribution >= 4 is 0 Å². The SMILES string of the molecule is C=CCCC1CCCC1NC. The second kappa shape index (κ2) is 4.55. The molecule has 2 unspecified atom stereocenters. The van der Waals surface area contributed by atoms with Crippen LogP contribution in [0.25, 0.3) is 0 Å². The Hall–Kier alpha value is -0.300. The van der Waals surface area contributed by atoms with E-state index in [1.165, 1.54) is 32.1 Å². The third kappa shape index (κ3) is 2.33. The normalized spacial score (nSPS) is 30.6. The summed E-state index contributed by atoms with van der Waals surface area (Å²) < 4.78 is 0. The Morgan fingerprint density at radius 2 is 2.36 bits per heavy atom. The van der Waals surface area contributed by atoms with Gasteiger partial charge in [0.25, 0.3) is 0 Å². The molecule has 1 nitrogen and oxygen atoms in total. The number of hydrogen-bond donors (Lipinski definition) is 1. The standard InChI is InChI=1S/C10H19N/c1-3-4-6-9-7-5-8-10(9)11-2/h3,9-11H,1,4-8H2,2H3. The molecule has 11 heavy (non-hydrogen) atoms. The maximum atomic E-state index is 3.75. The van der Waals surface area contributed by atoms with E-state index in [1.807, 2.05) is 6.08 Å². The van der Waals surface area contributed by atoms with Crippen LogP contribution in [0.3, 0.4) is 0 Å². The van der Waals surface area contributed by atoms with Gasteiger partial charge in [-0.2, -0.15) is 0 Å². The highest BCUT2D eigenvalue weighted by molar-refractivity contribution is 4.83. The van der Waals surface area contributed by atoms with Gasteiger partial charge in [-0.1, -0.05) is 12.5 Å². The van der Waals surface area contributed by atoms with Crippen LogP contribution in [0.2, 0.25) is 0 Å². The lowest BCUT2D eigenvalue weighted by molar-refractivity contribution is 0.403. The molecule has 0 heterocycles. The van der Waals surface area contributed by atoms with Crippen LogP contribution in [0.4, 0.5) is 0 Å². The fourth-order valence-electron chi connectivity index (χ4n) is 2.09. The largest absolute Gasteiger partial charge is 0.317 e. The number of hydrogen-bond acceptors (Lipinski definition) is 1. The molecule has 0 bridgehead atoms. The van der Waals surface area contributed by atoms with Gasteiger partial charge >= 0.3 is 0 Å². The molecule has 1 aliphatic carbocycles. The third-order valence-corrected chi connectivity index (χ3v) is 2.77. The first-order valence-electron chi connectivity index (χ1n) is 4.66. The van der Waals surface area contributed by atoms with Crippen molar-refractivity contribution in [2.24, 2.45) is 5.92 Å². The molecule has 0 saturated heterocycles. The van der Waals surface area contributed by atoms with Gasteiger partial charge in [0.05, 0.1) is 0 Å². The van der Waals surface area contributed by atoms with E-state index in [4.69, 9.17) is 0 Å². The molecule has 0 amide bonds. The van der Waals surface area contributed by atoms with Gasteiger partial charge in [0, 0.05) is 6.04 Å². The summed E-state index contributed by atoms with van der Waals surface area (Å²) >= 11 is 0. The average molecular weight is 153 g/mol. The van der Waals surface area contributed by atoms with Crippen molar-refractivity contribution in [1.82, 2.24) is 5.32 Å². The van der Waals surface area contributed by atoms with E-state index in [0.717, 1.165) is 12.0 Å². The molecular formula is C10H19N. The molecule has 64 valence electrons. The molecule has 2 atom stereocenters. The van der Waals surface area contributed by atoms with Crippen LogP contribution >= 0.6 is 0 Å². The van der Waals surface area contributed by atoms with Crippen molar-refractivity contribution in [2.45, 2.75) is 38.1 Å². The van der Waals surface area contributed by atoms with E-state index < -0.39 is 0 Å². The first-order chi connectivity index (χ1) is 5.38.